The Hall–Kier alpha value is -4.57. The number of carbonyl (C=O) groups excluding carboxylic acids is 1. The zero-order chi connectivity index (χ0) is 29.5. The minimum Gasteiger partial charge on any atom is -0.397 e. The van der Waals surface area contributed by atoms with Gasteiger partial charge in [-0.15, -0.1) is 0 Å². The Bertz CT molecular complexity index is 1660. The van der Waals surface area contributed by atoms with E-state index in [1.54, 1.807) is 0 Å². The largest absolute Gasteiger partial charge is 0.397 e. The number of hydrogen-bond donors (Lipinski definition) is 2. The molecule has 42 heavy (non-hydrogen) atoms. The van der Waals surface area contributed by atoms with Gasteiger partial charge in [0, 0.05) is 23.6 Å². The number of aliphatic hydroxyl groups is 1. The number of rotatable bonds is 10. The summed E-state index contributed by atoms with van der Waals surface area (Å²) in [6, 6.07) is 15.8. The molecule has 5 rings (SSSR count). The van der Waals surface area contributed by atoms with Crippen molar-refractivity contribution >= 4 is 18.0 Å². The minimum absolute atomic E-state index is 0.00619. The molecule has 1 amide bonds. The highest BCUT2D eigenvalue weighted by Crippen LogP contribution is 2.32. The van der Waals surface area contributed by atoms with E-state index in [9.17, 15) is 14.7 Å². The van der Waals surface area contributed by atoms with E-state index in [2.05, 4.69) is 27.5 Å². The number of aryl methyl sites for hydroxylation is 1. The number of amides is 1. The fourth-order valence-corrected chi connectivity index (χ4v) is 5.89. The molecule has 1 aliphatic carbocycles. The third-order valence-electron chi connectivity index (χ3n) is 7.86. The summed E-state index contributed by atoms with van der Waals surface area (Å²) < 4.78 is 3.69. The number of hydrogen-bond acceptors (Lipinski definition) is 7. The van der Waals surface area contributed by atoms with Gasteiger partial charge in [0.15, 0.2) is 5.84 Å². The molecule has 0 radical (unpaired) electrons. The van der Waals surface area contributed by atoms with Crippen LogP contribution < -0.4 is 10.9 Å². The van der Waals surface area contributed by atoms with Crippen molar-refractivity contribution in [2.24, 2.45) is 5.16 Å². The molecular formula is C32H36N6O4. The fraction of sp³-hybridized carbons (Fsp3) is 0.344. The number of oxime groups is 1. The molecule has 10 nitrogen and oxygen atoms in total. The first-order valence-electron chi connectivity index (χ1n) is 14.3. The summed E-state index contributed by atoms with van der Waals surface area (Å²) in [6.07, 6.45) is 9.40. The van der Waals surface area contributed by atoms with Crippen molar-refractivity contribution in [3.05, 3.63) is 99.2 Å². The van der Waals surface area contributed by atoms with E-state index in [1.165, 1.54) is 19.0 Å². The first-order valence-corrected chi connectivity index (χ1v) is 14.3. The van der Waals surface area contributed by atoms with Crippen LogP contribution in [0, 0.1) is 0 Å². The lowest BCUT2D eigenvalue weighted by molar-refractivity contribution is -0.108. The second kappa shape index (κ2) is 13.4. The minimum atomic E-state index is -0.00619. The predicted molar refractivity (Wildman–Crippen MR) is 161 cm³/mol. The average Bonchev–Trinajstić information content (AvgIpc) is 3.50. The van der Waals surface area contributed by atoms with Crippen molar-refractivity contribution in [3.63, 3.8) is 0 Å². The third-order valence-corrected chi connectivity index (χ3v) is 7.86. The molecule has 0 saturated heterocycles. The van der Waals surface area contributed by atoms with Crippen LogP contribution in [0.25, 0.3) is 16.9 Å². The Balaban J connectivity index is 1.51. The quantitative estimate of drug-likeness (QED) is 0.0973. The van der Waals surface area contributed by atoms with Gasteiger partial charge < -0.3 is 15.3 Å². The summed E-state index contributed by atoms with van der Waals surface area (Å²) in [7, 11) is 1.43. The SMILES string of the molecule is CCCc1c(Cc2ccc(-c3ccccc3/C(=N/OC)NC=O)cc2)c(=O)n(C2CCC(=CCO)CC2)c2ncnn12. The number of carbonyl (C=O) groups is 1. The van der Waals surface area contributed by atoms with Gasteiger partial charge >= 0.3 is 0 Å². The maximum absolute atomic E-state index is 14.2. The van der Waals surface area contributed by atoms with E-state index in [1.807, 2.05) is 63.7 Å². The summed E-state index contributed by atoms with van der Waals surface area (Å²) >= 11 is 0. The van der Waals surface area contributed by atoms with Gasteiger partial charge in [0.2, 0.25) is 12.2 Å². The van der Waals surface area contributed by atoms with Crippen molar-refractivity contribution in [2.75, 3.05) is 13.7 Å². The molecule has 0 unspecified atom stereocenters. The van der Waals surface area contributed by atoms with Gasteiger partial charge in [-0.25, -0.2) is 4.52 Å². The molecule has 2 heterocycles. The number of amidine groups is 1. The van der Waals surface area contributed by atoms with Crippen LogP contribution in [-0.4, -0.2) is 50.2 Å². The molecule has 0 aliphatic heterocycles. The molecule has 2 N–H and O–H groups in total. The monoisotopic (exact) mass is 568 g/mol. The van der Waals surface area contributed by atoms with Gasteiger partial charge in [0.25, 0.3) is 5.56 Å². The summed E-state index contributed by atoms with van der Waals surface area (Å²) in [5.41, 5.74) is 6.44. The first-order chi connectivity index (χ1) is 20.6. The zero-order valence-corrected chi connectivity index (χ0v) is 24.0. The van der Waals surface area contributed by atoms with Gasteiger partial charge in [-0.3, -0.25) is 14.2 Å². The second-order valence-electron chi connectivity index (χ2n) is 10.4. The Morgan fingerprint density at radius 1 is 1.17 bits per heavy atom. The highest BCUT2D eigenvalue weighted by Gasteiger charge is 2.26. The van der Waals surface area contributed by atoms with E-state index in [0.29, 0.717) is 24.4 Å². The smallest absolute Gasteiger partial charge is 0.259 e. The number of benzene rings is 2. The number of nitrogens with zero attached hydrogens (tertiary/aromatic N) is 5. The number of allylic oxidation sites excluding steroid dienone is 1. The second-order valence-corrected chi connectivity index (χ2v) is 10.4. The van der Waals surface area contributed by atoms with Gasteiger partial charge in [0.1, 0.15) is 13.4 Å². The number of aromatic nitrogens is 4. The summed E-state index contributed by atoms with van der Waals surface area (Å²) in [5.74, 6) is 0.913. The molecule has 0 spiro atoms. The summed E-state index contributed by atoms with van der Waals surface area (Å²) in [5, 5.41) is 20.4. The lowest BCUT2D eigenvalue weighted by atomic mass is 9.90. The third kappa shape index (κ3) is 5.89. The summed E-state index contributed by atoms with van der Waals surface area (Å²) in [6.45, 7) is 2.15. The van der Waals surface area contributed by atoms with Crippen molar-refractivity contribution in [1.29, 1.82) is 0 Å². The standard InChI is InChI=1S/C32H36N6O4/c1-3-6-29-28(31(41)37(32-33-20-35-38(29)32)25-15-11-22(12-16-25)17-18-39)19-23-9-13-24(14-10-23)26-7-4-5-8-27(26)30(34-21-40)36-42-2/h4-5,7-10,13-14,17,20-21,25,39H,3,6,11-12,15-16,18-19H2,1-2H3,(H,34,36,40). The fourth-order valence-electron chi connectivity index (χ4n) is 5.89. The van der Waals surface area contributed by atoms with Crippen LogP contribution in [0.2, 0.25) is 0 Å². The summed E-state index contributed by atoms with van der Waals surface area (Å²) in [4.78, 5) is 34.8. The van der Waals surface area contributed by atoms with Gasteiger partial charge in [-0.2, -0.15) is 10.1 Å². The molecule has 10 heteroatoms. The van der Waals surface area contributed by atoms with Crippen LogP contribution in [0.4, 0.5) is 0 Å². The van der Waals surface area contributed by atoms with E-state index in [0.717, 1.165) is 72.0 Å². The molecular weight excluding hydrogens is 532 g/mol. The lowest BCUT2D eigenvalue weighted by Gasteiger charge is -2.27. The van der Waals surface area contributed by atoms with Crippen LogP contribution in [0.5, 0.6) is 0 Å². The number of fused-ring (bicyclic) bond motifs is 1. The molecule has 1 saturated carbocycles. The topological polar surface area (TPSA) is 123 Å². The van der Waals surface area contributed by atoms with Crippen molar-refractivity contribution < 1.29 is 14.7 Å². The molecule has 1 aliphatic rings. The van der Waals surface area contributed by atoms with E-state index in [-0.39, 0.29) is 18.2 Å². The highest BCUT2D eigenvalue weighted by atomic mass is 16.6. The van der Waals surface area contributed by atoms with E-state index >= 15 is 0 Å². The Morgan fingerprint density at radius 2 is 1.93 bits per heavy atom. The van der Waals surface area contributed by atoms with Crippen molar-refractivity contribution in [3.8, 4) is 11.1 Å². The molecule has 0 bridgehead atoms. The maximum Gasteiger partial charge on any atom is 0.259 e. The Morgan fingerprint density at radius 3 is 2.62 bits per heavy atom. The molecule has 218 valence electrons. The normalized spacial score (nSPS) is 15.5. The predicted octanol–water partition coefficient (Wildman–Crippen LogP) is 4.19. The van der Waals surface area contributed by atoms with Crippen molar-refractivity contribution in [1.82, 2.24) is 24.5 Å². The Labute approximate surface area is 244 Å². The zero-order valence-electron chi connectivity index (χ0n) is 24.0. The molecule has 2 aromatic heterocycles. The molecule has 4 aromatic rings. The maximum atomic E-state index is 14.2. The van der Waals surface area contributed by atoms with Gasteiger partial charge in [-0.05, 0) is 48.8 Å². The van der Waals surface area contributed by atoms with Crippen LogP contribution >= 0.6 is 0 Å². The van der Waals surface area contributed by atoms with E-state index < -0.39 is 0 Å². The number of nitrogens with one attached hydrogen (secondary N) is 1. The number of aliphatic hydroxyl groups excluding tert-OH is 1. The lowest BCUT2D eigenvalue weighted by Crippen LogP contribution is -2.33. The highest BCUT2D eigenvalue weighted by molar-refractivity contribution is 6.08. The Kier molecular flexibility index (Phi) is 9.23. The van der Waals surface area contributed by atoms with Crippen LogP contribution in [0.1, 0.15) is 67.5 Å². The van der Waals surface area contributed by atoms with Crippen LogP contribution in [-0.2, 0) is 22.5 Å². The average molecular weight is 569 g/mol. The molecule has 0 atom stereocenters. The molecule has 2 aromatic carbocycles. The first kappa shape index (κ1) is 28.9. The van der Waals surface area contributed by atoms with Crippen LogP contribution in [0.15, 0.2) is 76.5 Å². The van der Waals surface area contributed by atoms with E-state index in [4.69, 9.17) is 4.84 Å². The van der Waals surface area contributed by atoms with Crippen LogP contribution in [0.3, 0.4) is 0 Å². The van der Waals surface area contributed by atoms with Gasteiger partial charge in [-0.1, -0.05) is 78.7 Å². The van der Waals surface area contributed by atoms with Crippen molar-refractivity contribution in [2.45, 2.75) is 57.9 Å². The molecule has 1 fully saturated rings. The van der Waals surface area contributed by atoms with Gasteiger partial charge in [0.05, 0.1) is 12.3 Å².